The number of amides is 4. The molecule has 4 amide bonds. The Morgan fingerprint density at radius 2 is 1.20 bits per heavy atom. The van der Waals surface area contributed by atoms with Crippen molar-refractivity contribution in [3.05, 3.63) is 47.0 Å². The van der Waals surface area contributed by atoms with Crippen LogP contribution >= 0.6 is 11.8 Å². The highest BCUT2D eigenvalue weighted by atomic mass is 32.2. The summed E-state index contributed by atoms with van der Waals surface area (Å²) in [6, 6.07) is 5.46. The lowest BCUT2D eigenvalue weighted by atomic mass is 9.88. The van der Waals surface area contributed by atoms with Gasteiger partial charge in [0.25, 0.3) is 11.8 Å². The SMILES string of the molecule is CSCC[C@H](CC(=O)c1cccc2c1CCN(C(=O)CN1CCN(CC(C)=O)CCN(CC(=O)OC(C)(C)C)CCN(CC(=O)OC(C)(C)C)CC1)C2)C(=O)NCC(=O)C[C@@H](CCCCN1C(=O)C=CC1=O)C(C)=O. The Balaban J connectivity index is 1.39. The molecule has 2 atom stereocenters. The fourth-order valence-corrected chi connectivity index (χ4v) is 9.89. The average Bonchev–Trinajstić information content (AvgIpc) is 3.64. The number of ketones is 4. The second-order valence-corrected chi connectivity index (χ2v) is 23.0. The number of nitrogens with one attached hydrogen (secondary N) is 1. The van der Waals surface area contributed by atoms with Crippen LogP contribution in [0.2, 0.25) is 0 Å². The third kappa shape index (κ3) is 22.5. The summed E-state index contributed by atoms with van der Waals surface area (Å²) in [5.41, 5.74) is 0.834. The Hall–Kier alpha value is -5.15. The van der Waals surface area contributed by atoms with E-state index in [1.807, 2.05) is 73.5 Å². The highest BCUT2D eigenvalue weighted by molar-refractivity contribution is 7.98. The molecule has 75 heavy (non-hydrogen) atoms. The van der Waals surface area contributed by atoms with Gasteiger partial charge in [0.2, 0.25) is 11.8 Å². The number of thioether (sulfide) groups is 1. The van der Waals surface area contributed by atoms with Crippen molar-refractivity contribution in [3.63, 3.8) is 0 Å². The zero-order chi connectivity index (χ0) is 55.5. The molecule has 0 saturated carbocycles. The van der Waals surface area contributed by atoms with Gasteiger partial charge in [-0.1, -0.05) is 24.6 Å². The topological polar surface area (TPSA) is 221 Å². The Morgan fingerprint density at radius 3 is 1.71 bits per heavy atom. The number of ether oxygens (including phenoxy) is 2. The Labute approximate surface area is 448 Å². The van der Waals surface area contributed by atoms with Gasteiger partial charge in [-0.3, -0.25) is 72.4 Å². The zero-order valence-electron chi connectivity index (χ0n) is 46.0. The smallest absolute Gasteiger partial charge is 0.320 e. The van der Waals surface area contributed by atoms with Crippen molar-refractivity contribution in [2.75, 3.05) is 110 Å². The zero-order valence-corrected chi connectivity index (χ0v) is 46.8. The molecule has 3 aliphatic rings. The molecule has 3 aliphatic heterocycles. The summed E-state index contributed by atoms with van der Waals surface area (Å²) in [6.45, 7) is 18.4. The van der Waals surface area contributed by atoms with Crippen molar-refractivity contribution in [2.45, 2.75) is 118 Å². The largest absolute Gasteiger partial charge is 0.459 e. The van der Waals surface area contributed by atoms with Crippen molar-refractivity contribution >= 4 is 70.5 Å². The second-order valence-electron chi connectivity index (χ2n) is 22.0. The van der Waals surface area contributed by atoms with Crippen LogP contribution in [-0.4, -0.2) is 209 Å². The van der Waals surface area contributed by atoms with Gasteiger partial charge in [0.1, 0.15) is 22.8 Å². The van der Waals surface area contributed by atoms with Gasteiger partial charge in [-0.2, -0.15) is 11.8 Å². The molecule has 0 unspecified atom stereocenters. The number of esters is 2. The number of carbonyl (C=O) groups is 10. The van der Waals surface area contributed by atoms with E-state index in [1.54, 1.807) is 28.8 Å². The van der Waals surface area contributed by atoms with Crippen LogP contribution in [0.25, 0.3) is 0 Å². The normalized spacial score (nSPS) is 17.6. The molecule has 1 aromatic carbocycles. The van der Waals surface area contributed by atoms with Gasteiger partial charge >= 0.3 is 11.9 Å². The first kappa shape index (κ1) is 62.4. The van der Waals surface area contributed by atoms with E-state index in [4.69, 9.17) is 9.47 Å². The minimum atomic E-state index is -0.702. The number of fused-ring (bicyclic) bond motifs is 1. The predicted octanol–water partition coefficient (Wildman–Crippen LogP) is 3.38. The molecule has 416 valence electrons. The maximum Gasteiger partial charge on any atom is 0.320 e. The van der Waals surface area contributed by atoms with E-state index >= 15 is 0 Å². The molecule has 3 heterocycles. The summed E-state index contributed by atoms with van der Waals surface area (Å²) in [5, 5.41) is 2.73. The molecule has 4 rings (SSSR count). The first-order valence-electron chi connectivity index (χ1n) is 26.4. The fraction of sp³-hybridized carbons (Fsp3) is 0.673. The number of hydrogen-bond donors (Lipinski definition) is 1. The molecule has 19 nitrogen and oxygen atoms in total. The second kappa shape index (κ2) is 30.0. The standard InChI is InChI=1S/C55H83N7O12S/c1-39(63)34-57-22-24-58(25-27-60(38-52(71)74-55(6,7)8)29-28-59(26-23-57)37-51(70)73-54(3,4)5)36-50(69)61-21-18-45-43(35-61)14-12-15-46(45)47(66)32-42(19-30-75-9)53(72)56-33-44(65)31-41(40(2)64)13-10-11-20-62-48(67)16-17-49(62)68/h12,14-17,41-42H,10-11,13,18-38H2,1-9H3,(H,56,72)/t41-,42-/m1/s1. The maximum absolute atomic E-state index is 14.2. The lowest BCUT2D eigenvalue weighted by molar-refractivity contribution is -0.158. The molecule has 1 fully saturated rings. The van der Waals surface area contributed by atoms with Gasteiger partial charge in [0, 0.05) is 114 Å². The summed E-state index contributed by atoms with van der Waals surface area (Å²) in [7, 11) is 0. The molecule has 1 saturated heterocycles. The van der Waals surface area contributed by atoms with Gasteiger partial charge in [0.05, 0.1) is 32.7 Å². The number of rotatable bonds is 25. The third-order valence-electron chi connectivity index (χ3n) is 13.3. The Morgan fingerprint density at radius 1 is 0.667 bits per heavy atom. The van der Waals surface area contributed by atoms with Crippen molar-refractivity contribution in [1.29, 1.82) is 0 Å². The van der Waals surface area contributed by atoms with Crippen LogP contribution in [0.3, 0.4) is 0 Å². The fourth-order valence-electron chi connectivity index (χ4n) is 9.37. The number of hydrogen-bond acceptors (Lipinski definition) is 17. The van der Waals surface area contributed by atoms with E-state index in [1.165, 1.54) is 26.0 Å². The van der Waals surface area contributed by atoms with Crippen molar-refractivity contribution in [2.24, 2.45) is 11.8 Å². The van der Waals surface area contributed by atoms with Gasteiger partial charge in [-0.05, 0) is 104 Å². The van der Waals surface area contributed by atoms with Crippen LogP contribution in [0, 0.1) is 11.8 Å². The van der Waals surface area contributed by atoms with Crippen LogP contribution in [0.15, 0.2) is 30.4 Å². The highest BCUT2D eigenvalue weighted by Crippen LogP contribution is 2.26. The first-order valence-corrected chi connectivity index (χ1v) is 27.8. The number of carbonyl (C=O) groups excluding carboxylic acids is 10. The van der Waals surface area contributed by atoms with E-state index in [9.17, 15) is 47.9 Å². The lowest BCUT2D eigenvalue weighted by Crippen LogP contribution is -2.50. The molecular weight excluding hydrogens is 983 g/mol. The summed E-state index contributed by atoms with van der Waals surface area (Å²) in [6.07, 6.45) is 6.48. The number of benzene rings is 1. The molecular formula is C55H83N7O12S. The van der Waals surface area contributed by atoms with Gasteiger partial charge in [0.15, 0.2) is 11.6 Å². The van der Waals surface area contributed by atoms with E-state index in [2.05, 4.69) is 5.32 Å². The number of imide groups is 1. The van der Waals surface area contributed by atoms with Crippen LogP contribution < -0.4 is 5.32 Å². The Bertz CT molecular complexity index is 2220. The number of Topliss-reactive ketones (excluding diaryl/α,β-unsaturated/α-hetero) is 4. The van der Waals surface area contributed by atoms with Gasteiger partial charge < -0.3 is 19.7 Å². The molecule has 0 aliphatic carbocycles. The van der Waals surface area contributed by atoms with E-state index in [0.29, 0.717) is 102 Å². The minimum Gasteiger partial charge on any atom is -0.459 e. The summed E-state index contributed by atoms with van der Waals surface area (Å²) >= 11 is 1.54. The Kier molecular flexibility index (Phi) is 24.9. The number of nitrogens with zero attached hydrogens (tertiary/aromatic N) is 6. The quantitative estimate of drug-likeness (QED) is 0.0642. The minimum absolute atomic E-state index is 0.00369. The van der Waals surface area contributed by atoms with E-state index in [-0.39, 0.29) is 111 Å². The van der Waals surface area contributed by atoms with Crippen LogP contribution in [0.5, 0.6) is 0 Å². The molecule has 0 aromatic heterocycles. The van der Waals surface area contributed by atoms with Crippen molar-refractivity contribution in [1.82, 2.24) is 34.7 Å². The molecule has 0 spiro atoms. The first-order chi connectivity index (χ1) is 35.3. The highest BCUT2D eigenvalue weighted by Gasteiger charge is 2.31. The molecule has 1 aromatic rings. The van der Waals surface area contributed by atoms with Crippen LogP contribution in [0.4, 0.5) is 0 Å². The average molecular weight is 1070 g/mol. The summed E-state index contributed by atoms with van der Waals surface area (Å²) < 4.78 is 11.3. The molecule has 1 N–H and O–H groups in total. The van der Waals surface area contributed by atoms with E-state index in [0.717, 1.165) is 16.0 Å². The summed E-state index contributed by atoms with van der Waals surface area (Å²) in [5.74, 6) is -3.34. The molecule has 0 bridgehead atoms. The monoisotopic (exact) mass is 1070 g/mol. The summed E-state index contributed by atoms with van der Waals surface area (Å²) in [4.78, 5) is 141. The number of unbranched alkanes of at least 4 members (excludes halogenated alkanes) is 1. The third-order valence-corrected chi connectivity index (χ3v) is 13.9. The molecule has 0 radical (unpaired) electrons. The van der Waals surface area contributed by atoms with Gasteiger partial charge in [-0.25, -0.2) is 0 Å². The van der Waals surface area contributed by atoms with Crippen LogP contribution in [-0.2, 0) is 65.6 Å². The lowest BCUT2D eigenvalue weighted by Gasteiger charge is -2.35. The van der Waals surface area contributed by atoms with Crippen LogP contribution in [0.1, 0.15) is 115 Å². The predicted molar refractivity (Wildman–Crippen MR) is 286 cm³/mol. The van der Waals surface area contributed by atoms with Crippen molar-refractivity contribution < 1.29 is 57.4 Å². The molecule has 20 heteroatoms. The van der Waals surface area contributed by atoms with Gasteiger partial charge in [-0.15, -0.1) is 0 Å². The van der Waals surface area contributed by atoms with Crippen molar-refractivity contribution in [3.8, 4) is 0 Å². The maximum atomic E-state index is 14.2. The van der Waals surface area contributed by atoms with E-state index < -0.39 is 28.9 Å².